The number of nitrogens with one attached hydrogen (secondary N) is 2. The quantitative estimate of drug-likeness (QED) is 0.480. The van der Waals surface area contributed by atoms with Gasteiger partial charge < -0.3 is 25.2 Å². The van der Waals surface area contributed by atoms with Gasteiger partial charge in [-0.25, -0.2) is 9.78 Å². The number of piperazine rings is 1. The van der Waals surface area contributed by atoms with Crippen molar-refractivity contribution < 1.29 is 14.3 Å². The second-order valence-corrected chi connectivity index (χ2v) is 10.3. The summed E-state index contributed by atoms with van der Waals surface area (Å²) in [6.45, 7) is 11.2. The van der Waals surface area contributed by atoms with Crippen LogP contribution in [0.2, 0.25) is 0 Å². The third-order valence-corrected chi connectivity index (χ3v) is 6.45. The number of hydrogen-bond donors (Lipinski definition) is 2. The van der Waals surface area contributed by atoms with E-state index in [2.05, 4.69) is 48.4 Å². The molecule has 3 aromatic rings. The standard InChI is InChI=1S/C24H33N7O3S/c1-5-34-18(32)11-12-25-21(33)29-13-15-30(16-14-29)23-28-31-20(27-24(2,3)4)19(26-22(31)35-23)17-9-7-6-8-10-17/h6-10,27H,5,11-16H2,1-4H3,(H,25,33). The topological polar surface area (TPSA) is 104 Å². The van der Waals surface area contributed by atoms with E-state index in [9.17, 15) is 9.59 Å². The van der Waals surface area contributed by atoms with Crippen molar-refractivity contribution in [1.29, 1.82) is 0 Å². The largest absolute Gasteiger partial charge is 0.466 e. The van der Waals surface area contributed by atoms with Crippen molar-refractivity contribution in [3.8, 4) is 11.3 Å². The molecule has 0 saturated carbocycles. The van der Waals surface area contributed by atoms with Crippen LogP contribution in [0.1, 0.15) is 34.1 Å². The lowest BCUT2D eigenvalue weighted by Gasteiger charge is -2.34. The minimum absolute atomic E-state index is 0.157. The van der Waals surface area contributed by atoms with Crippen molar-refractivity contribution in [1.82, 2.24) is 24.8 Å². The Hall–Kier alpha value is -3.34. The molecule has 0 aliphatic carbocycles. The summed E-state index contributed by atoms with van der Waals surface area (Å²) < 4.78 is 6.78. The van der Waals surface area contributed by atoms with E-state index < -0.39 is 0 Å². The molecule has 0 atom stereocenters. The van der Waals surface area contributed by atoms with E-state index in [-0.39, 0.29) is 30.5 Å². The van der Waals surface area contributed by atoms with E-state index in [4.69, 9.17) is 14.8 Å². The van der Waals surface area contributed by atoms with E-state index in [0.29, 0.717) is 32.8 Å². The minimum Gasteiger partial charge on any atom is -0.466 e. The van der Waals surface area contributed by atoms with Crippen LogP contribution in [0.5, 0.6) is 0 Å². The number of aromatic nitrogens is 3. The van der Waals surface area contributed by atoms with Crippen LogP contribution in [-0.2, 0) is 9.53 Å². The van der Waals surface area contributed by atoms with E-state index in [1.165, 1.54) is 0 Å². The fraction of sp³-hybridized carbons (Fsp3) is 0.500. The molecule has 2 aromatic heterocycles. The van der Waals surface area contributed by atoms with E-state index >= 15 is 0 Å². The number of carbonyl (C=O) groups excluding carboxylic acids is 2. The molecule has 0 bridgehead atoms. The van der Waals surface area contributed by atoms with Gasteiger partial charge in [0.25, 0.3) is 0 Å². The average Bonchev–Trinajstić information content (AvgIpc) is 3.38. The van der Waals surface area contributed by atoms with Gasteiger partial charge in [0.1, 0.15) is 5.69 Å². The van der Waals surface area contributed by atoms with Gasteiger partial charge in [0.2, 0.25) is 10.1 Å². The molecular weight excluding hydrogens is 466 g/mol. The highest BCUT2D eigenvalue weighted by molar-refractivity contribution is 7.20. The average molecular weight is 500 g/mol. The number of urea groups is 1. The maximum Gasteiger partial charge on any atom is 0.317 e. The van der Waals surface area contributed by atoms with Crippen LogP contribution in [0, 0.1) is 0 Å². The zero-order valence-corrected chi connectivity index (χ0v) is 21.5. The molecule has 1 aliphatic heterocycles. The first-order valence-electron chi connectivity index (χ1n) is 11.9. The third-order valence-electron chi connectivity index (χ3n) is 5.48. The monoisotopic (exact) mass is 499 g/mol. The summed E-state index contributed by atoms with van der Waals surface area (Å²) in [7, 11) is 0. The van der Waals surface area contributed by atoms with Crippen molar-refractivity contribution >= 4 is 39.2 Å². The zero-order chi connectivity index (χ0) is 25.0. The Labute approximate surface area is 209 Å². The second kappa shape index (κ2) is 10.5. The number of imidazole rings is 1. The smallest absolute Gasteiger partial charge is 0.317 e. The van der Waals surface area contributed by atoms with E-state index in [0.717, 1.165) is 27.2 Å². The molecule has 1 aromatic carbocycles. The summed E-state index contributed by atoms with van der Waals surface area (Å²) in [5.41, 5.74) is 1.77. The van der Waals surface area contributed by atoms with Gasteiger partial charge in [-0.2, -0.15) is 4.52 Å². The van der Waals surface area contributed by atoms with Crippen LogP contribution in [-0.4, -0.2) is 76.4 Å². The molecule has 35 heavy (non-hydrogen) atoms. The SMILES string of the molecule is CCOC(=O)CCNC(=O)N1CCN(c2nn3c(NC(C)(C)C)c(-c4ccccc4)nc3s2)CC1. The Bertz CT molecular complexity index is 1160. The van der Waals surface area contributed by atoms with Gasteiger partial charge in [0.05, 0.1) is 13.0 Å². The molecule has 3 heterocycles. The van der Waals surface area contributed by atoms with Crippen LogP contribution in [0.25, 0.3) is 16.2 Å². The summed E-state index contributed by atoms with van der Waals surface area (Å²) in [5, 5.41) is 12.1. The molecule has 1 aliphatic rings. The molecule has 188 valence electrons. The van der Waals surface area contributed by atoms with Crippen LogP contribution in [0.3, 0.4) is 0 Å². The van der Waals surface area contributed by atoms with E-state index in [1.54, 1.807) is 23.2 Å². The fourth-order valence-electron chi connectivity index (χ4n) is 3.85. The fourth-order valence-corrected chi connectivity index (χ4v) is 4.80. The number of esters is 1. The summed E-state index contributed by atoms with van der Waals surface area (Å²) >= 11 is 1.55. The Kier molecular flexibility index (Phi) is 7.44. The first-order chi connectivity index (χ1) is 16.7. The number of amides is 2. The minimum atomic E-state index is -0.304. The predicted molar refractivity (Wildman–Crippen MR) is 138 cm³/mol. The van der Waals surface area contributed by atoms with Crippen LogP contribution < -0.4 is 15.5 Å². The number of carbonyl (C=O) groups is 2. The van der Waals surface area contributed by atoms with Gasteiger partial charge in [0, 0.05) is 43.8 Å². The Morgan fingerprint density at radius 2 is 1.83 bits per heavy atom. The van der Waals surface area contributed by atoms with Gasteiger partial charge in [0.15, 0.2) is 5.82 Å². The molecule has 0 spiro atoms. The molecule has 0 radical (unpaired) electrons. The van der Waals surface area contributed by atoms with Gasteiger partial charge >= 0.3 is 12.0 Å². The third kappa shape index (κ3) is 6.02. The normalized spacial score (nSPS) is 14.3. The van der Waals surface area contributed by atoms with Crippen molar-refractivity contribution in [2.24, 2.45) is 0 Å². The summed E-state index contributed by atoms with van der Waals surface area (Å²) in [6, 6.07) is 9.96. The maximum absolute atomic E-state index is 12.4. The van der Waals surface area contributed by atoms with Gasteiger partial charge in [-0.1, -0.05) is 41.7 Å². The first-order valence-corrected chi connectivity index (χ1v) is 12.7. The lowest BCUT2D eigenvalue weighted by atomic mass is 10.1. The molecule has 4 rings (SSSR count). The highest BCUT2D eigenvalue weighted by Crippen LogP contribution is 2.34. The Balaban J connectivity index is 1.43. The Morgan fingerprint density at radius 1 is 1.11 bits per heavy atom. The van der Waals surface area contributed by atoms with Crippen LogP contribution in [0.15, 0.2) is 30.3 Å². The van der Waals surface area contributed by atoms with Crippen molar-refractivity contribution in [2.75, 3.05) is 49.5 Å². The summed E-state index contributed by atoms with van der Waals surface area (Å²) in [6.07, 6.45) is 0.175. The molecule has 1 fully saturated rings. The highest BCUT2D eigenvalue weighted by atomic mass is 32.1. The number of rotatable bonds is 7. The lowest BCUT2D eigenvalue weighted by Crippen LogP contribution is -2.52. The number of fused-ring (bicyclic) bond motifs is 1. The predicted octanol–water partition coefficient (Wildman–Crippen LogP) is 3.45. The number of nitrogens with zero attached hydrogens (tertiary/aromatic N) is 5. The van der Waals surface area contributed by atoms with Gasteiger partial charge in [-0.3, -0.25) is 4.79 Å². The molecule has 11 heteroatoms. The molecule has 2 N–H and O–H groups in total. The summed E-state index contributed by atoms with van der Waals surface area (Å²) in [5.74, 6) is 0.572. The molecule has 2 amide bonds. The van der Waals surface area contributed by atoms with Gasteiger partial charge in [-0.15, -0.1) is 5.10 Å². The zero-order valence-electron chi connectivity index (χ0n) is 20.7. The van der Waals surface area contributed by atoms with Gasteiger partial charge in [-0.05, 0) is 27.7 Å². The molecule has 0 unspecified atom stereocenters. The number of hydrogen-bond acceptors (Lipinski definition) is 8. The summed E-state index contributed by atoms with van der Waals surface area (Å²) in [4.78, 5) is 33.6. The van der Waals surface area contributed by atoms with Crippen LogP contribution in [0.4, 0.5) is 15.7 Å². The highest BCUT2D eigenvalue weighted by Gasteiger charge is 2.26. The van der Waals surface area contributed by atoms with Crippen molar-refractivity contribution in [3.63, 3.8) is 0 Å². The van der Waals surface area contributed by atoms with Crippen LogP contribution >= 0.6 is 11.3 Å². The number of anilines is 2. The number of benzene rings is 1. The molecule has 10 nitrogen and oxygen atoms in total. The van der Waals surface area contributed by atoms with Crippen molar-refractivity contribution in [3.05, 3.63) is 30.3 Å². The first kappa shape index (κ1) is 24.8. The van der Waals surface area contributed by atoms with Crippen molar-refractivity contribution in [2.45, 2.75) is 39.7 Å². The molecule has 1 saturated heterocycles. The molecular formula is C24H33N7O3S. The second-order valence-electron chi connectivity index (χ2n) is 9.39. The van der Waals surface area contributed by atoms with E-state index in [1.807, 2.05) is 22.7 Å². The maximum atomic E-state index is 12.4. The Morgan fingerprint density at radius 3 is 2.49 bits per heavy atom. The number of ether oxygens (including phenoxy) is 1. The lowest BCUT2D eigenvalue weighted by molar-refractivity contribution is -0.142.